The van der Waals surface area contributed by atoms with E-state index in [-0.39, 0.29) is 5.91 Å². The maximum absolute atomic E-state index is 13.0. The van der Waals surface area contributed by atoms with Crippen molar-refractivity contribution in [3.63, 3.8) is 0 Å². The maximum atomic E-state index is 13.0. The topological polar surface area (TPSA) is 52.2 Å². The van der Waals surface area contributed by atoms with E-state index < -0.39 is 0 Å². The van der Waals surface area contributed by atoms with Gasteiger partial charge in [0.1, 0.15) is 5.82 Å². The molecule has 0 unspecified atom stereocenters. The molecule has 0 radical (unpaired) electrons. The summed E-state index contributed by atoms with van der Waals surface area (Å²) < 4.78 is 0. The van der Waals surface area contributed by atoms with Crippen LogP contribution in [0.15, 0.2) is 36.4 Å². The summed E-state index contributed by atoms with van der Waals surface area (Å²) in [5.41, 5.74) is 6.30. The highest BCUT2D eigenvalue weighted by molar-refractivity contribution is 5.97. The first-order valence-electron chi connectivity index (χ1n) is 9.54. The van der Waals surface area contributed by atoms with Gasteiger partial charge in [0.25, 0.3) is 5.91 Å². The SMILES string of the molecule is Cc1cc(C)c(C(=O)N2CCN(Cc3nc4ccccc4[nH]3)CC2)c(C)c1. The molecule has 1 saturated heterocycles. The van der Waals surface area contributed by atoms with Crippen LogP contribution in [0, 0.1) is 20.8 Å². The van der Waals surface area contributed by atoms with Crippen LogP contribution in [-0.4, -0.2) is 51.9 Å². The largest absolute Gasteiger partial charge is 0.341 e. The number of H-pyrrole nitrogens is 1. The zero-order chi connectivity index (χ0) is 19.0. The molecule has 1 aliphatic heterocycles. The Labute approximate surface area is 160 Å². The molecule has 0 atom stereocenters. The molecular weight excluding hydrogens is 336 g/mol. The molecule has 0 spiro atoms. The fourth-order valence-corrected chi connectivity index (χ4v) is 4.08. The molecule has 1 aromatic heterocycles. The van der Waals surface area contributed by atoms with Crippen molar-refractivity contribution in [1.29, 1.82) is 0 Å². The summed E-state index contributed by atoms with van der Waals surface area (Å²) in [7, 11) is 0. The summed E-state index contributed by atoms with van der Waals surface area (Å²) in [6.45, 7) is 10.2. The molecule has 1 fully saturated rings. The molecule has 4 rings (SSSR count). The molecule has 3 aromatic rings. The number of carbonyl (C=O) groups is 1. The number of imidazole rings is 1. The van der Waals surface area contributed by atoms with Gasteiger partial charge in [-0.05, 0) is 44.0 Å². The number of hydrogen-bond donors (Lipinski definition) is 1. The van der Waals surface area contributed by atoms with Crippen molar-refractivity contribution in [2.45, 2.75) is 27.3 Å². The van der Waals surface area contributed by atoms with Gasteiger partial charge in [0.15, 0.2) is 0 Å². The summed E-state index contributed by atoms with van der Waals surface area (Å²) in [6, 6.07) is 12.3. The molecule has 2 heterocycles. The highest BCUT2D eigenvalue weighted by atomic mass is 16.2. The van der Waals surface area contributed by atoms with Crippen LogP contribution in [0.25, 0.3) is 11.0 Å². The number of aromatic nitrogens is 2. The number of para-hydroxylation sites is 2. The lowest BCUT2D eigenvalue weighted by Gasteiger charge is -2.34. The molecule has 2 aromatic carbocycles. The van der Waals surface area contributed by atoms with Gasteiger partial charge in [-0.2, -0.15) is 0 Å². The number of carbonyl (C=O) groups excluding carboxylic acids is 1. The number of nitrogens with zero attached hydrogens (tertiary/aromatic N) is 3. The molecule has 0 saturated carbocycles. The quantitative estimate of drug-likeness (QED) is 0.776. The van der Waals surface area contributed by atoms with E-state index in [2.05, 4.69) is 40.0 Å². The van der Waals surface area contributed by atoms with Crippen LogP contribution in [-0.2, 0) is 6.54 Å². The molecule has 27 heavy (non-hydrogen) atoms. The Hall–Kier alpha value is -2.66. The number of hydrogen-bond acceptors (Lipinski definition) is 3. The molecule has 0 bridgehead atoms. The van der Waals surface area contributed by atoms with E-state index >= 15 is 0 Å². The number of amides is 1. The molecule has 5 nitrogen and oxygen atoms in total. The van der Waals surface area contributed by atoms with Crippen LogP contribution < -0.4 is 0 Å². The lowest BCUT2D eigenvalue weighted by Crippen LogP contribution is -2.48. The Morgan fingerprint density at radius 2 is 1.70 bits per heavy atom. The second kappa shape index (κ2) is 7.16. The van der Waals surface area contributed by atoms with E-state index in [1.165, 1.54) is 5.56 Å². The number of rotatable bonds is 3. The first kappa shape index (κ1) is 17.7. The van der Waals surface area contributed by atoms with Gasteiger partial charge in [0, 0.05) is 31.7 Å². The van der Waals surface area contributed by atoms with Crippen LogP contribution >= 0.6 is 0 Å². The van der Waals surface area contributed by atoms with Gasteiger partial charge in [-0.1, -0.05) is 29.8 Å². The van der Waals surface area contributed by atoms with Gasteiger partial charge >= 0.3 is 0 Å². The van der Waals surface area contributed by atoms with Crippen molar-refractivity contribution < 1.29 is 4.79 Å². The van der Waals surface area contributed by atoms with Crippen LogP contribution in [0.2, 0.25) is 0 Å². The Balaban J connectivity index is 1.40. The van der Waals surface area contributed by atoms with Gasteiger partial charge in [0.2, 0.25) is 0 Å². The van der Waals surface area contributed by atoms with Gasteiger partial charge in [-0.25, -0.2) is 4.98 Å². The number of aromatic amines is 1. The Bertz CT molecular complexity index is 927. The highest BCUT2D eigenvalue weighted by Crippen LogP contribution is 2.20. The summed E-state index contributed by atoms with van der Waals surface area (Å²) in [5, 5.41) is 0. The fraction of sp³-hybridized carbons (Fsp3) is 0.364. The van der Waals surface area contributed by atoms with Crippen molar-refractivity contribution in [3.8, 4) is 0 Å². The summed E-state index contributed by atoms with van der Waals surface area (Å²) in [5.74, 6) is 1.15. The minimum absolute atomic E-state index is 0.161. The zero-order valence-electron chi connectivity index (χ0n) is 16.2. The van der Waals surface area contributed by atoms with E-state index in [0.717, 1.165) is 66.3 Å². The average Bonchev–Trinajstić information content (AvgIpc) is 3.03. The van der Waals surface area contributed by atoms with E-state index in [0.29, 0.717) is 0 Å². The van der Waals surface area contributed by atoms with Crippen LogP contribution in [0.3, 0.4) is 0 Å². The van der Waals surface area contributed by atoms with Gasteiger partial charge in [0.05, 0.1) is 17.6 Å². The Morgan fingerprint density at radius 1 is 1.04 bits per heavy atom. The number of nitrogens with one attached hydrogen (secondary N) is 1. The lowest BCUT2D eigenvalue weighted by molar-refractivity contribution is 0.0624. The van der Waals surface area contributed by atoms with Crippen molar-refractivity contribution in [1.82, 2.24) is 19.8 Å². The zero-order valence-corrected chi connectivity index (χ0v) is 16.2. The smallest absolute Gasteiger partial charge is 0.254 e. The number of benzene rings is 2. The standard InChI is InChI=1S/C22H26N4O/c1-15-12-16(2)21(17(3)13-15)22(27)26-10-8-25(9-11-26)14-20-23-18-6-4-5-7-19(18)24-20/h4-7,12-13H,8-11,14H2,1-3H3,(H,23,24). The number of fused-ring (bicyclic) bond motifs is 1. The molecule has 1 aliphatic rings. The van der Waals surface area contributed by atoms with Crippen LogP contribution in [0.4, 0.5) is 0 Å². The molecule has 140 valence electrons. The average molecular weight is 362 g/mol. The van der Waals surface area contributed by atoms with Crippen molar-refractivity contribution in [3.05, 3.63) is 64.5 Å². The van der Waals surface area contributed by atoms with E-state index in [9.17, 15) is 4.79 Å². The second-order valence-corrected chi connectivity index (χ2v) is 7.54. The Kier molecular flexibility index (Phi) is 4.70. The molecule has 1 N–H and O–H groups in total. The second-order valence-electron chi connectivity index (χ2n) is 7.54. The first-order valence-corrected chi connectivity index (χ1v) is 9.54. The maximum Gasteiger partial charge on any atom is 0.254 e. The van der Waals surface area contributed by atoms with Gasteiger partial charge in [-0.15, -0.1) is 0 Å². The lowest BCUT2D eigenvalue weighted by atomic mass is 9.98. The third kappa shape index (κ3) is 3.60. The third-order valence-corrected chi connectivity index (χ3v) is 5.36. The monoisotopic (exact) mass is 362 g/mol. The van der Waals surface area contributed by atoms with Crippen molar-refractivity contribution in [2.75, 3.05) is 26.2 Å². The van der Waals surface area contributed by atoms with E-state index in [4.69, 9.17) is 0 Å². The minimum Gasteiger partial charge on any atom is -0.341 e. The summed E-state index contributed by atoms with van der Waals surface area (Å²) >= 11 is 0. The molecule has 5 heteroatoms. The molecule has 1 amide bonds. The van der Waals surface area contributed by atoms with Gasteiger partial charge < -0.3 is 9.88 Å². The molecular formula is C22H26N4O. The normalized spacial score (nSPS) is 15.4. The Morgan fingerprint density at radius 3 is 2.37 bits per heavy atom. The van der Waals surface area contributed by atoms with E-state index in [1.807, 2.05) is 36.9 Å². The van der Waals surface area contributed by atoms with Crippen LogP contribution in [0.1, 0.15) is 32.9 Å². The van der Waals surface area contributed by atoms with Crippen molar-refractivity contribution in [2.24, 2.45) is 0 Å². The number of aryl methyl sites for hydroxylation is 3. The summed E-state index contributed by atoms with van der Waals surface area (Å²) in [6.07, 6.45) is 0. The minimum atomic E-state index is 0.161. The fourth-order valence-electron chi connectivity index (χ4n) is 4.08. The number of piperazine rings is 1. The first-order chi connectivity index (χ1) is 13.0. The predicted molar refractivity (Wildman–Crippen MR) is 108 cm³/mol. The third-order valence-electron chi connectivity index (χ3n) is 5.36. The van der Waals surface area contributed by atoms with Gasteiger partial charge in [-0.3, -0.25) is 9.69 Å². The molecule has 0 aliphatic carbocycles. The van der Waals surface area contributed by atoms with Crippen LogP contribution in [0.5, 0.6) is 0 Å². The summed E-state index contributed by atoms with van der Waals surface area (Å²) in [4.78, 5) is 25.4. The predicted octanol–water partition coefficient (Wildman–Crippen LogP) is 3.45. The highest BCUT2D eigenvalue weighted by Gasteiger charge is 2.24. The van der Waals surface area contributed by atoms with E-state index in [1.54, 1.807) is 0 Å². The van der Waals surface area contributed by atoms with Crippen molar-refractivity contribution >= 4 is 16.9 Å².